The van der Waals surface area contributed by atoms with E-state index in [0.29, 0.717) is 39.1 Å². The average molecular weight is 441 g/mol. The van der Waals surface area contributed by atoms with Crippen molar-refractivity contribution in [3.63, 3.8) is 0 Å². The van der Waals surface area contributed by atoms with E-state index in [1.54, 1.807) is 12.1 Å². The van der Waals surface area contributed by atoms with Crippen molar-refractivity contribution in [3.05, 3.63) is 41.1 Å². The molecular formula is C20H16BrN5O2. The van der Waals surface area contributed by atoms with Crippen LogP contribution in [-0.4, -0.2) is 27.8 Å². The highest BCUT2D eigenvalue weighted by molar-refractivity contribution is 9.10. The number of rotatable bonds is 4. The second-order valence-electron chi connectivity index (χ2n) is 6.66. The quantitative estimate of drug-likeness (QED) is 0.481. The van der Waals surface area contributed by atoms with Gasteiger partial charge >= 0.3 is 0 Å². The fourth-order valence-corrected chi connectivity index (χ4v) is 3.41. The van der Waals surface area contributed by atoms with Crippen LogP contribution in [0.1, 0.15) is 17.0 Å². The Morgan fingerprint density at radius 2 is 2.14 bits per heavy atom. The van der Waals surface area contributed by atoms with Gasteiger partial charge in [-0.1, -0.05) is 15.9 Å². The maximum Gasteiger partial charge on any atom is 0.229 e. The van der Waals surface area contributed by atoms with Gasteiger partial charge in [0.1, 0.15) is 17.2 Å². The van der Waals surface area contributed by atoms with E-state index < -0.39 is 6.98 Å². The first-order chi connectivity index (χ1) is 14.8. The molecular weight excluding hydrogens is 422 g/mol. The summed E-state index contributed by atoms with van der Waals surface area (Å²) in [7, 11) is 0. The highest BCUT2D eigenvalue weighted by atomic mass is 79.9. The summed E-state index contributed by atoms with van der Waals surface area (Å²) in [6.07, 6.45) is 4.74. The highest BCUT2D eigenvalue weighted by Crippen LogP contribution is 2.35. The molecule has 1 fully saturated rings. The van der Waals surface area contributed by atoms with E-state index in [1.807, 2.05) is 12.1 Å². The number of benzene rings is 1. The van der Waals surface area contributed by atoms with Crippen molar-refractivity contribution in [3.8, 4) is 11.5 Å². The molecule has 28 heavy (non-hydrogen) atoms. The van der Waals surface area contributed by atoms with Gasteiger partial charge in [-0.25, -0.2) is 15.0 Å². The van der Waals surface area contributed by atoms with Gasteiger partial charge in [-0.2, -0.15) is 0 Å². The van der Waals surface area contributed by atoms with Crippen molar-refractivity contribution in [2.24, 2.45) is 5.92 Å². The molecule has 1 aliphatic rings. The maximum absolute atomic E-state index is 12.2. The van der Waals surface area contributed by atoms with Gasteiger partial charge in [0.2, 0.25) is 11.8 Å². The normalized spacial score (nSPS) is 15.8. The Morgan fingerprint density at radius 1 is 1.25 bits per heavy atom. The molecule has 0 saturated heterocycles. The fourth-order valence-electron chi connectivity index (χ4n) is 3.06. The van der Waals surface area contributed by atoms with Crippen LogP contribution in [0.2, 0.25) is 0 Å². The van der Waals surface area contributed by atoms with E-state index in [1.165, 1.54) is 12.4 Å². The van der Waals surface area contributed by atoms with Gasteiger partial charge in [-0.05, 0) is 37.1 Å². The van der Waals surface area contributed by atoms with Crippen molar-refractivity contribution in [1.29, 1.82) is 0 Å². The second kappa shape index (κ2) is 6.56. The number of halogens is 1. The van der Waals surface area contributed by atoms with Gasteiger partial charge in [-0.3, -0.25) is 4.79 Å². The molecule has 1 amide bonds. The Balaban J connectivity index is 1.66. The lowest BCUT2D eigenvalue weighted by atomic mass is 10.1. The molecule has 2 N–H and O–H groups in total. The Labute approximate surface area is 172 Å². The average Bonchev–Trinajstić information content (AvgIpc) is 3.47. The minimum absolute atomic E-state index is 0.0256. The van der Waals surface area contributed by atoms with Crippen molar-refractivity contribution in [2.45, 2.75) is 12.8 Å². The number of nitrogens with one attached hydrogen (secondary N) is 2. The topological polar surface area (TPSA) is 92.9 Å². The number of anilines is 2. The molecule has 0 unspecified atom stereocenters. The Hall–Kier alpha value is -3.00. The van der Waals surface area contributed by atoms with Gasteiger partial charge in [0.15, 0.2) is 5.58 Å². The fraction of sp³-hybridized carbons (Fsp3) is 0.200. The molecule has 140 valence electrons. The van der Waals surface area contributed by atoms with Gasteiger partial charge in [0, 0.05) is 44.6 Å². The molecule has 0 aliphatic heterocycles. The largest absolute Gasteiger partial charge is 0.436 e. The molecule has 3 aromatic heterocycles. The van der Waals surface area contributed by atoms with Crippen molar-refractivity contribution in [2.75, 3.05) is 17.6 Å². The summed E-state index contributed by atoms with van der Waals surface area (Å²) < 4.78 is 29.3. The van der Waals surface area contributed by atoms with Crippen molar-refractivity contribution >= 4 is 55.3 Å². The molecule has 4 aromatic rings. The summed E-state index contributed by atoms with van der Waals surface area (Å²) >= 11 is 3.42. The molecule has 0 radical (unpaired) electrons. The van der Waals surface area contributed by atoms with Crippen LogP contribution in [0.5, 0.6) is 0 Å². The maximum atomic E-state index is 12.2. The zero-order valence-corrected chi connectivity index (χ0v) is 16.1. The summed E-state index contributed by atoms with van der Waals surface area (Å²) in [6, 6.07) is 7.18. The molecule has 8 heteroatoms. The summed E-state index contributed by atoms with van der Waals surface area (Å²) in [5, 5.41) is 6.33. The summed E-state index contributed by atoms with van der Waals surface area (Å²) in [5.74, 6) is 0.810. The lowest BCUT2D eigenvalue weighted by molar-refractivity contribution is -0.117. The Kier molecular flexibility index (Phi) is 3.29. The molecule has 7 nitrogen and oxygen atoms in total. The first-order valence-electron chi connectivity index (χ1n) is 10.2. The highest BCUT2D eigenvalue weighted by Gasteiger charge is 2.30. The molecule has 0 spiro atoms. The van der Waals surface area contributed by atoms with Crippen LogP contribution in [0.15, 0.2) is 45.5 Å². The number of amides is 1. The number of aromatic nitrogens is 3. The third-order valence-corrected chi connectivity index (χ3v) is 5.16. The van der Waals surface area contributed by atoms with Crippen LogP contribution < -0.4 is 10.6 Å². The number of fused-ring (bicyclic) bond motifs is 2. The number of pyridine rings is 2. The van der Waals surface area contributed by atoms with E-state index in [0.717, 1.165) is 17.3 Å². The van der Waals surface area contributed by atoms with E-state index >= 15 is 0 Å². The Bertz CT molecular complexity index is 1330. The molecule has 0 atom stereocenters. The van der Waals surface area contributed by atoms with Crippen LogP contribution in [0.3, 0.4) is 0 Å². The van der Waals surface area contributed by atoms with Crippen molar-refractivity contribution in [1.82, 2.24) is 15.0 Å². The van der Waals surface area contributed by atoms with E-state index in [-0.39, 0.29) is 17.6 Å². The SMILES string of the molecule is [2H]C([2H])([2H])Nc1ncc(-c2nc3cc(Br)ccc3o2)c2cc(NC(=O)C3CC3)ncc12. The van der Waals surface area contributed by atoms with Crippen LogP contribution in [-0.2, 0) is 4.79 Å². The number of hydrogen-bond donors (Lipinski definition) is 2. The van der Waals surface area contributed by atoms with Gasteiger partial charge in [-0.15, -0.1) is 0 Å². The van der Waals surface area contributed by atoms with E-state index in [4.69, 9.17) is 8.53 Å². The second-order valence-corrected chi connectivity index (χ2v) is 7.57. The van der Waals surface area contributed by atoms with Crippen LogP contribution in [0, 0.1) is 5.92 Å². The standard InChI is InChI=1S/C20H16BrN5O2/c1-22-18-13-8-23-17(26-19(27)10-2-3-10)7-12(13)14(9-24-18)20-25-15-6-11(21)4-5-16(15)28-20/h4-10H,2-3H2,1H3,(H,22,24)(H,23,26,27)/i1D3. The molecule has 3 heterocycles. The minimum Gasteiger partial charge on any atom is -0.436 e. The molecule has 1 aromatic carbocycles. The number of carbonyl (C=O) groups excluding carboxylic acids is 1. The lowest BCUT2D eigenvalue weighted by Crippen LogP contribution is -2.14. The van der Waals surface area contributed by atoms with Crippen LogP contribution in [0.4, 0.5) is 11.6 Å². The van der Waals surface area contributed by atoms with Gasteiger partial charge < -0.3 is 15.1 Å². The van der Waals surface area contributed by atoms with Crippen LogP contribution in [0.25, 0.3) is 33.3 Å². The molecule has 5 rings (SSSR count). The van der Waals surface area contributed by atoms with Gasteiger partial charge in [0.05, 0.1) is 5.56 Å². The third-order valence-electron chi connectivity index (χ3n) is 4.67. The Morgan fingerprint density at radius 3 is 2.96 bits per heavy atom. The molecule has 1 aliphatic carbocycles. The van der Waals surface area contributed by atoms with Crippen LogP contribution >= 0.6 is 15.9 Å². The number of nitrogens with zero attached hydrogens (tertiary/aromatic N) is 3. The number of carbonyl (C=O) groups is 1. The first-order valence-corrected chi connectivity index (χ1v) is 9.50. The van der Waals surface area contributed by atoms with Crippen molar-refractivity contribution < 1.29 is 13.3 Å². The van der Waals surface area contributed by atoms with E-state index in [9.17, 15) is 4.79 Å². The zero-order chi connectivity index (χ0) is 21.8. The first kappa shape index (κ1) is 14.1. The molecule has 0 bridgehead atoms. The number of oxazole rings is 1. The lowest BCUT2D eigenvalue weighted by Gasteiger charge is -2.10. The monoisotopic (exact) mass is 440 g/mol. The predicted molar refractivity (Wildman–Crippen MR) is 111 cm³/mol. The minimum atomic E-state index is -2.43. The number of hydrogen-bond acceptors (Lipinski definition) is 6. The molecule has 1 saturated carbocycles. The smallest absolute Gasteiger partial charge is 0.229 e. The zero-order valence-electron chi connectivity index (χ0n) is 17.5. The van der Waals surface area contributed by atoms with Gasteiger partial charge in [0.25, 0.3) is 0 Å². The van der Waals surface area contributed by atoms with E-state index in [2.05, 4.69) is 41.5 Å². The summed E-state index contributed by atoms with van der Waals surface area (Å²) in [4.78, 5) is 25.3. The summed E-state index contributed by atoms with van der Waals surface area (Å²) in [6.45, 7) is -2.43. The summed E-state index contributed by atoms with van der Waals surface area (Å²) in [5.41, 5.74) is 1.83. The predicted octanol–water partition coefficient (Wildman–Crippen LogP) is 4.59. The third kappa shape index (κ3) is 2.99.